The Balaban J connectivity index is 1.49. The van der Waals surface area contributed by atoms with Crippen LogP contribution in [0.5, 0.6) is 0 Å². The Labute approximate surface area is 208 Å². The fraction of sp³-hybridized carbons (Fsp3) is 0.400. The van der Waals surface area contributed by atoms with E-state index in [-0.39, 0.29) is 12.1 Å². The minimum absolute atomic E-state index is 0.188. The Kier molecular flexibility index (Phi) is 6.90. The molecule has 5 rings (SSSR count). The number of halogens is 1. The van der Waals surface area contributed by atoms with Gasteiger partial charge in [0.05, 0.1) is 43.9 Å². The molecule has 1 atom stereocenters. The molecule has 0 unspecified atom stereocenters. The van der Waals surface area contributed by atoms with Crippen LogP contribution >= 0.6 is 0 Å². The molecule has 0 bridgehead atoms. The molecule has 0 aliphatic carbocycles. The maximum absolute atomic E-state index is 13.4. The van der Waals surface area contributed by atoms with E-state index in [1.54, 1.807) is 0 Å². The number of anilines is 3. The van der Waals surface area contributed by atoms with E-state index in [0.29, 0.717) is 50.3 Å². The fourth-order valence-electron chi connectivity index (χ4n) is 4.50. The zero-order valence-corrected chi connectivity index (χ0v) is 20.4. The van der Waals surface area contributed by atoms with Gasteiger partial charge < -0.3 is 25.2 Å². The number of hydrogen-bond acceptors (Lipinski definition) is 8. The minimum Gasteiger partial charge on any atom is -0.377 e. The highest BCUT2D eigenvalue weighted by molar-refractivity contribution is 5.89. The smallest absolute Gasteiger partial charge is 0.319 e. The second-order valence-corrected chi connectivity index (χ2v) is 8.85. The van der Waals surface area contributed by atoms with Gasteiger partial charge in [-0.3, -0.25) is 0 Å². The third kappa shape index (κ3) is 5.06. The molecule has 0 saturated carbocycles. The molecular weight excluding hydrogens is 463 g/mol. The highest BCUT2D eigenvalue weighted by Crippen LogP contribution is 2.32. The van der Waals surface area contributed by atoms with Crippen LogP contribution in [0.15, 0.2) is 36.7 Å². The van der Waals surface area contributed by atoms with Gasteiger partial charge in [-0.2, -0.15) is 0 Å². The molecule has 2 aliphatic heterocycles. The summed E-state index contributed by atoms with van der Waals surface area (Å²) in [7, 11) is 0. The largest absolute Gasteiger partial charge is 0.377 e. The highest BCUT2D eigenvalue weighted by Gasteiger charge is 2.29. The maximum atomic E-state index is 13.4. The monoisotopic (exact) mass is 492 g/mol. The van der Waals surface area contributed by atoms with Gasteiger partial charge in [-0.15, -0.1) is 0 Å². The van der Waals surface area contributed by atoms with Crippen molar-refractivity contribution in [3.8, 4) is 11.4 Å². The molecule has 2 N–H and O–H groups in total. The predicted octanol–water partition coefficient (Wildman–Crippen LogP) is 3.00. The third-order valence-electron chi connectivity index (χ3n) is 6.31. The first-order valence-corrected chi connectivity index (χ1v) is 12.1. The van der Waals surface area contributed by atoms with Crippen LogP contribution in [0.4, 0.5) is 26.6 Å². The van der Waals surface area contributed by atoms with Crippen molar-refractivity contribution in [1.82, 2.24) is 25.3 Å². The molecule has 1 aromatic carbocycles. The van der Waals surface area contributed by atoms with Crippen LogP contribution in [-0.2, 0) is 17.7 Å². The Morgan fingerprint density at radius 1 is 1.17 bits per heavy atom. The van der Waals surface area contributed by atoms with Crippen LogP contribution in [0.2, 0.25) is 0 Å². The number of amides is 2. The Morgan fingerprint density at radius 3 is 2.67 bits per heavy atom. The lowest BCUT2D eigenvalue weighted by Crippen LogP contribution is -2.45. The molecule has 36 heavy (non-hydrogen) atoms. The molecule has 188 valence electrons. The summed E-state index contributed by atoms with van der Waals surface area (Å²) in [5.41, 5.74) is 3.54. The number of carbonyl (C=O) groups is 1. The molecule has 2 amide bonds. The third-order valence-corrected chi connectivity index (χ3v) is 6.31. The van der Waals surface area contributed by atoms with Crippen LogP contribution in [0.1, 0.15) is 25.1 Å². The van der Waals surface area contributed by atoms with Crippen LogP contribution in [0.3, 0.4) is 0 Å². The predicted molar refractivity (Wildman–Crippen MR) is 135 cm³/mol. The number of ether oxygens (including phenoxy) is 1. The molecule has 4 heterocycles. The standard InChI is InChI=1S/C25H29FN8O2/c1-3-27-25(35)30-19-6-4-17(5-7-19)22-31-21-14-33(24-28-12-18(26)13-29-24)9-8-20(21)23(32-22)34-10-11-36-15-16(34)2/h4-7,12-13,16H,3,8-11,14-15H2,1-2H3,(H2,27,30,35)/t16-/m0/s1. The van der Waals surface area contributed by atoms with E-state index >= 15 is 0 Å². The van der Waals surface area contributed by atoms with Gasteiger partial charge in [0.25, 0.3) is 0 Å². The fourth-order valence-corrected chi connectivity index (χ4v) is 4.50. The minimum atomic E-state index is -0.463. The lowest BCUT2D eigenvalue weighted by molar-refractivity contribution is 0.0984. The van der Waals surface area contributed by atoms with Crippen LogP contribution in [-0.4, -0.2) is 64.9 Å². The molecule has 2 aromatic heterocycles. The van der Waals surface area contributed by atoms with Gasteiger partial charge in [0.1, 0.15) is 5.82 Å². The van der Waals surface area contributed by atoms with Gasteiger partial charge >= 0.3 is 6.03 Å². The number of benzene rings is 1. The first kappa shape index (κ1) is 23.9. The molecular formula is C25H29FN8O2. The number of carbonyl (C=O) groups excluding carboxylic acids is 1. The Morgan fingerprint density at radius 2 is 1.94 bits per heavy atom. The van der Waals surface area contributed by atoms with Crippen molar-refractivity contribution >= 4 is 23.5 Å². The second kappa shape index (κ2) is 10.4. The van der Waals surface area contributed by atoms with E-state index in [1.165, 1.54) is 12.4 Å². The molecule has 0 radical (unpaired) electrons. The van der Waals surface area contributed by atoms with Crippen LogP contribution in [0, 0.1) is 5.82 Å². The summed E-state index contributed by atoms with van der Waals surface area (Å²) in [6.07, 6.45) is 3.09. The summed E-state index contributed by atoms with van der Waals surface area (Å²) >= 11 is 0. The van der Waals surface area contributed by atoms with Gasteiger partial charge in [-0.05, 0) is 44.5 Å². The SMILES string of the molecule is CCNC(=O)Nc1ccc(-c2nc3c(c(N4CCOC[C@@H]4C)n2)CCN(c2ncc(F)cn2)C3)cc1. The first-order valence-electron chi connectivity index (χ1n) is 12.1. The number of morpholine rings is 1. The number of nitrogens with zero attached hydrogens (tertiary/aromatic N) is 6. The van der Waals surface area contributed by atoms with E-state index in [4.69, 9.17) is 14.7 Å². The molecule has 1 fully saturated rings. The number of fused-ring (bicyclic) bond motifs is 1. The van der Waals surface area contributed by atoms with Gasteiger partial charge in [-0.1, -0.05) is 0 Å². The van der Waals surface area contributed by atoms with E-state index in [1.807, 2.05) is 36.1 Å². The molecule has 0 spiro atoms. The second-order valence-electron chi connectivity index (χ2n) is 8.85. The van der Waals surface area contributed by atoms with Crippen LogP contribution in [0.25, 0.3) is 11.4 Å². The average molecular weight is 493 g/mol. The molecule has 3 aromatic rings. The first-order chi connectivity index (χ1) is 17.5. The summed E-state index contributed by atoms with van der Waals surface area (Å²) in [6.45, 7) is 7.78. The average Bonchev–Trinajstić information content (AvgIpc) is 2.89. The summed E-state index contributed by atoms with van der Waals surface area (Å²) in [4.78, 5) is 34.4. The zero-order chi connectivity index (χ0) is 25.1. The number of urea groups is 1. The quantitative estimate of drug-likeness (QED) is 0.560. The number of nitrogens with one attached hydrogen (secondary N) is 2. The lowest BCUT2D eigenvalue weighted by atomic mass is 10.0. The molecule has 11 heteroatoms. The summed E-state index contributed by atoms with van der Waals surface area (Å²) in [6, 6.07) is 7.42. The van der Waals surface area contributed by atoms with Crippen molar-refractivity contribution in [2.24, 2.45) is 0 Å². The van der Waals surface area contributed by atoms with Crippen LogP contribution < -0.4 is 20.4 Å². The van der Waals surface area contributed by atoms with Crippen molar-refractivity contribution in [1.29, 1.82) is 0 Å². The number of hydrogen-bond donors (Lipinski definition) is 2. The number of aromatic nitrogens is 4. The van der Waals surface area contributed by atoms with Gasteiger partial charge in [0, 0.05) is 36.4 Å². The van der Waals surface area contributed by atoms with E-state index < -0.39 is 5.82 Å². The number of rotatable bonds is 5. The van der Waals surface area contributed by atoms with Crippen molar-refractivity contribution in [2.45, 2.75) is 32.9 Å². The lowest BCUT2D eigenvalue weighted by Gasteiger charge is -2.37. The van der Waals surface area contributed by atoms with Gasteiger partial charge in [-0.25, -0.2) is 29.1 Å². The molecule has 2 aliphatic rings. The van der Waals surface area contributed by atoms with E-state index in [0.717, 1.165) is 35.6 Å². The van der Waals surface area contributed by atoms with E-state index in [9.17, 15) is 9.18 Å². The van der Waals surface area contributed by atoms with E-state index in [2.05, 4.69) is 32.4 Å². The van der Waals surface area contributed by atoms with Crippen molar-refractivity contribution in [3.05, 3.63) is 53.7 Å². The molecule has 1 saturated heterocycles. The maximum Gasteiger partial charge on any atom is 0.319 e. The Hall–Kier alpha value is -3.86. The van der Waals surface area contributed by atoms with Gasteiger partial charge in [0.15, 0.2) is 11.6 Å². The van der Waals surface area contributed by atoms with Crippen molar-refractivity contribution < 1.29 is 13.9 Å². The highest BCUT2D eigenvalue weighted by atomic mass is 19.1. The Bertz CT molecular complexity index is 1220. The molecule has 10 nitrogen and oxygen atoms in total. The van der Waals surface area contributed by atoms with Gasteiger partial charge in [0.2, 0.25) is 5.95 Å². The van der Waals surface area contributed by atoms with Crippen molar-refractivity contribution in [2.75, 3.05) is 48.0 Å². The van der Waals surface area contributed by atoms with Crippen molar-refractivity contribution in [3.63, 3.8) is 0 Å². The zero-order valence-electron chi connectivity index (χ0n) is 20.4. The normalized spacial score (nSPS) is 17.5. The topological polar surface area (TPSA) is 108 Å². The summed E-state index contributed by atoms with van der Waals surface area (Å²) in [5.74, 6) is 1.54. The summed E-state index contributed by atoms with van der Waals surface area (Å²) < 4.78 is 19.0. The summed E-state index contributed by atoms with van der Waals surface area (Å²) in [5, 5.41) is 5.52.